The van der Waals surface area contributed by atoms with Gasteiger partial charge in [-0.05, 0) is 80.8 Å². The van der Waals surface area contributed by atoms with Crippen molar-refractivity contribution in [3.8, 4) is 5.75 Å². The number of halogens is 1. The van der Waals surface area contributed by atoms with Crippen molar-refractivity contribution in [3.05, 3.63) is 89.4 Å². The van der Waals surface area contributed by atoms with E-state index in [-0.39, 0.29) is 23.4 Å². The van der Waals surface area contributed by atoms with E-state index in [2.05, 4.69) is 5.32 Å². The average Bonchev–Trinajstić information content (AvgIpc) is 2.99. The first kappa shape index (κ1) is 31.4. The molecule has 1 N–H and O–H groups in total. The van der Waals surface area contributed by atoms with Crippen LogP contribution >= 0.6 is 11.6 Å². The maximum Gasteiger partial charge on any atom is 0.264 e. The fourth-order valence-electron chi connectivity index (χ4n) is 5.11. The molecule has 224 valence electrons. The van der Waals surface area contributed by atoms with E-state index >= 15 is 0 Å². The van der Waals surface area contributed by atoms with Gasteiger partial charge in [0.25, 0.3) is 10.0 Å². The molecule has 1 saturated carbocycles. The van der Waals surface area contributed by atoms with Crippen LogP contribution in [0.4, 0.5) is 5.69 Å². The number of hydrogen-bond acceptors (Lipinski definition) is 5. The van der Waals surface area contributed by atoms with E-state index in [0.717, 1.165) is 42.0 Å². The van der Waals surface area contributed by atoms with E-state index in [1.54, 1.807) is 67.6 Å². The Labute approximate surface area is 253 Å². The molecule has 0 radical (unpaired) electrons. The van der Waals surface area contributed by atoms with Crippen molar-refractivity contribution in [1.82, 2.24) is 10.2 Å². The van der Waals surface area contributed by atoms with Gasteiger partial charge in [0.1, 0.15) is 18.3 Å². The Morgan fingerprint density at radius 3 is 2.31 bits per heavy atom. The van der Waals surface area contributed by atoms with Crippen LogP contribution in [0, 0.1) is 0 Å². The highest BCUT2D eigenvalue weighted by Gasteiger charge is 2.33. The van der Waals surface area contributed by atoms with E-state index in [4.69, 9.17) is 16.3 Å². The zero-order valence-corrected chi connectivity index (χ0v) is 25.6. The highest BCUT2D eigenvalue weighted by Crippen LogP contribution is 2.26. The van der Waals surface area contributed by atoms with E-state index in [1.165, 1.54) is 17.0 Å². The summed E-state index contributed by atoms with van der Waals surface area (Å²) >= 11 is 6.22. The lowest BCUT2D eigenvalue weighted by molar-refractivity contribution is -0.139. The summed E-state index contributed by atoms with van der Waals surface area (Å²) in [5, 5.41) is 3.61. The Bertz CT molecular complexity index is 1440. The van der Waals surface area contributed by atoms with Crippen LogP contribution in [0.3, 0.4) is 0 Å². The van der Waals surface area contributed by atoms with Gasteiger partial charge < -0.3 is 15.0 Å². The molecule has 0 bridgehead atoms. The zero-order valence-electron chi connectivity index (χ0n) is 24.0. The molecule has 8 nitrogen and oxygen atoms in total. The summed E-state index contributed by atoms with van der Waals surface area (Å²) in [6.45, 7) is 3.56. The van der Waals surface area contributed by atoms with Gasteiger partial charge in [0, 0.05) is 17.6 Å². The quantitative estimate of drug-likeness (QED) is 0.279. The first-order valence-electron chi connectivity index (χ1n) is 14.3. The smallest absolute Gasteiger partial charge is 0.264 e. The number of para-hydroxylation sites is 1. The van der Waals surface area contributed by atoms with Crippen LogP contribution in [0.5, 0.6) is 5.75 Å². The van der Waals surface area contributed by atoms with E-state index in [0.29, 0.717) is 23.1 Å². The number of carbonyl (C=O) groups is 2. The third kappa shape index (κ3) is 8.04. The molecule has 1 unspecified atom stereocenters. The Morgan fingerprint density at radius 1 is 0.976 bits per heavy atom. The third-order valence-electron chi connectivity index (χ3n) is 7.41. The van der Waals surface area contributed by atoms with Gasteiger partial charge in [-0.2, -0.15) is 0 Å². The second-order valence-electron chi connectivity index (χ2n) is 10.4. The lowest BCUT2D eigenvalue weighted by atomic mass is 9.95. The van der Waals surface area contributed by atoms with Crippen molar-refractivity contribution in [2.45, 2.75) is 69.5 Å². The molecule has 0 heterocycles. The van der Waals surface area contributed by atoms with Crippen molar-refractivity contribution in [1.29, 1.82) is 0 Å². The molecule has 0 saturated heterocycles. The van der Waals surface area contributed by atoms with Crippen molar-refractivity contribution < 1.29 is 22.7 Å². The van der Waals surface area contributed by atoms with Gasteiger partial charge in [0.15, 0.2) is 0 Å². The monoisotopic (exact) mass is 611 g/mol. The number of nitrogens with one attached hydrogen (secondary N) is 1. The summed E-state index contributed by atoms with van der Waals surface area (Å²) in [6, 6.07) is 20.9. The number of hydrogen-bond donors (Lipinski definition) is 1. The molecule has 0 spiro atoms. The van der Waals surface area contributed by atoms with Gasteiger partial charge in [-0.25, -0.2) is 8.42 Å². The number of benzene rings is 3. The molecular weight excluding hydrogens is 574 g/mol. The molecule has 0 aromatic heterocycles. The third-order valence-corrected chi connectivity index (χ3v) is 9.43. The van der Waals surface area contributed by atoms with Crippen LogP contribution in [-0.4, -0.2) is 50.4 Å². The number of anilines is 1. The maximum absolute atomic E-state index is 14.1. The molecule has 3 aromatic carbocycles. The summed E-state index contributed by atoms with van der Waals surface area (Å²) in [7, 11) is -4.15. The van der Waals surface area contributed by atoms with Gasteiger partial charge in [-0.1, -0.05) is 61.2 Å². The van der Waals surface area contributed by atoms with Crippen molar-refractivity contribution in [2.75, 3.05) is 17.5 Å². The van der Waals surface area contributed by atoms with Crippen LogP contribution in [0.25, 0.3) is 0 Å². The highest BCUT2D eigenvalue weighted by atomic mass is 35.5. The Morgan fingerprint density at radius 2 is 1.67 bits per heavy atom. The Balaban J connectivity index is 1.65. The van der Waals surface area contributed by atoms with E-state index < -0.39 is 28.5 Å². The van der Waals surface area contributed by atoms with E-state index in [1.807, 2.05) is 13.0 Å². The summed E-state index contributed by atoms with van der Waals surface area (Å²) < 4.78 is 34.4. The van der Waals surface area contributed by atoms with Crippen LogP contribution < -0.4 is 14.4 Å². The number of amides is 2. The Hall–Kier alpha value is -3.56. The van der Waals surface area contributed by atoms with Crippen LogP contribution in [-0.2, 0) is 26.2 Å². The summed E-state index contributed by atoms with van der Waals surface area (Å²) in [5.74, 6) is -0.234. The van der Waals surface area contributed by atoms with Gasteiger partial charge in [0.2, 0.25) is 11.8 Å². The van der Waals surface area contributed by atoms with Gasteiger partial charge in [-0.3, -0.25) is 13.9 Å². The van der Waals surface area contributed by atoms with Crippen LogP contribution in [0.1, 0.15) is 51.5 Å². The number of nitrogens with zero attached hydrogens (tertiary/aromatic N) is 2. The predicted octanol–water partition coefficient (Wildman–Crippen LogP) is 5.80. The minimum Gasteiger partial charge on any atom is -0.494 e. The molecule has 1 aliphatic carbocycles. The normalized spacial score (nSPS) is 14.5. The minimum atomic E-state index is -4.15. The molecule has 2 amide bonds. The molecule has 1 fully saturated rings. The highest BCUT2D eigenvalue weighted by molar-refractivity contribution is 7.92. The number of ether oxygens (including phenoxy) is 1. The van der Waals surface area contributed by atoms with Gasteiger partial charge in [0.05, 0.1) is 17.2 Å². The zero-order chi connectivity index (χ0) is 30.1. The largest absolute Gasteiger partial charge is 0.494 e. The number of rotatable bonds is 12. The maximum atomic E-state index is 14.1. The first-order valence-corrected chi connectivity index (χ1v) is 16.2. The topological polar surface area (TPSA) is 96.0 Å². The van der Waals surface area contributed by atoms with Crippen molar-refractivity contribution >= 4 is 39.1 Å². The molecule has 1 atom stereocenters. The number of sulfonamides is 1. The lowest BCUT2D eigenvalue weighted by Gasteiger charge is -2.33. The van der Waals surface area contributed by atoms with Crippen LogP contribution in [0.15, 0.2) is 83.8 Å². The summed E-state index contributed by atoms with van der Waals surface area (Å²) in [4.78, 5) is 28.9. The molecule has 10 heteroatoms. The minimum absolute atomic E-state index is 0.0205. The average molecular weight is 612 g/mol. The molecule has 1 aliphatic rings. The lowest BCUT2D eigenvalue weighted by Crippen LogP contribution is -2.53. The number of carbonyl (C=O) groups excluding carboxylic acids is 2. The molecule has 42 heavy (non-hydrogen) atoms. The van der Waals surface area contributed by atoms with Gasteiger partial charge >= 0.3 is 0 Å². The summed E-state index contributed by atoms with van der Waals surface area (Å²) in [5.41, 5.74) is 1.07. The SMILES string of the molecule is CCOc1ccc(S(=O)(=O)N(CC(=O)N(Cc2cccc(Cl)c2)C(C)C(=O)NC2CCCCC2)c2ccccc2)cc1. The second kappa shape index (κ2) is 14.6. The summed E-state index contributed by atoms with van der Waals surface area (Å²) in [6.07, 6.45) is 5.07. The fourth-order valence-corrected chi connectivity index (χ4v) is 6.74. The van der Waals surface area contributed by atoms with Crippen molar-refractivity contribution in [2.24, 2.45) is 0 Å². The van der Waals surface area contributed by atoms with Gasteiger partial charge in [-0.15, -0.1) is 0 Å². The molecule has 4 rings (SSSR count). The second-order valence-corrected chi connectivity index (χ2v) is 12.7. The van der Waals surface area contributed by atoms with E-state index in [9.17, 15) is 18.0 Å². The molecular formula is C32H38ClN3O5S. The first-order chi connectivity index (χ1) is 20.2. The van der Waals surface area contributed by atoms with Crippen molar-refractivity contribution in [3.63, 3.8) is 0 Å². The molecule has 3 aromatic rings. The standard InChI is InChI=1S/C32H38ClN3O5S/c1-3-41-29-17-19-30(20-18-29)42(39,40)36(28-15-8-5-9-16-28)23-31(37)35(22-25-11-10-12-26(33)21-25)24(2)32(38)34-27-13-6-4-7-14-27/h5,8-12,15-21,24,27H,3-4,6-7,13-14,22-23H2,1-2H3,(H,34,38). The fraction of sp³-hybridized carbons (Fsp3) is 0.375. The predicted molar refractivity (Wildman–Crippen MR) is 165 cm³/mol. The molecule has 0 aliphatic heterocycles. The Kier molecular flexibility index (Phi) is 10.9. The van der Waals surface area contributed by atoms with Crippen LogP contribution in [0.2, 0.25) is 5.02 Å².